The summed E-state index contributed by atoms with van der Waals surface area (Å²) in [5, 5.41) is 21.6. The van der Waals surface area contributed by atoms with Gasteiger partial charge in [0.05, 0.1) is 17.1 Å². The summed E-state index contributed by atoms with van der Waals surface area (Å²) >= 11 is 0. The number of hydrogen-bond acceptors (Lipinski definition) is 5. The minimum Gasteiger partial charge on any atom is -0.507 e. The van der Waals surface area contributed by atoms with Crippen molar-refractivity contribution in [2.45, 2.75) is 39.5 Å². The van der Waals surface area contributed by atoms with Crippen LogP contribution in [0.25, 0.3) is 0 Å². The summed E-state index contributed by atoms with van der Waals surface area (Å²) in [5.41, 5.74) is -0.0904. The van der Waals surface area contributed by atoms with E-state index in [1.54, 1.807) is 30.3 Å². The molecular weight excluding hydrogens is 346 g/mol. The number of nitro groups is 1. The van der Waals surface area contributed by atoms with Crippen molar-refractivity contribution in [3.63, 3.8) is 0 Å². The second-order valence-corrected chi connectivity index (χ2v) is 6.88. The Morgan fingerprint density at radius 1 is 1.15 bits per heavy atom. The predicted octanol–water partition coefficient (Wildman–Crippen LogP) is 5.13. The van der Waals surface area contributed by atoms with Crippen molar-refractivity contribution in [1.29, 1.82) is 0 Å². The van der Waals surface area contributed by atoms with Crippen LogP contribution in [0.3, 0.4) is 0 Å². The summed E-state index contributed by atoms with van der Waals surface area (Å²) in [6.07, 6.45) is 3.97. The van der Waals surface area contributed by atoms with Crippen LogP contribution in [-0.4, -0.2) is 22.4 Å². The maximum Gasteiger partial charge on any atom is 0.311 e. The minimum absolute atomic E-state index is 0.0222. The molecule has 0 radical (unpaired) electrons. The van der Waals surface area contributed by atoms with E-state index < -0.39 is 10.7 Å². The van der Waals surface area contributed by atoms with E-state index in [0.717, 1.165) is 37.8 Å². The van der Waals surface area contributed by atoms with Crippen LogP contribution in [0.15, 0.2) is 42.5 Å². The number of phenols is 1. The summed E-state index contributed by atoms with van der Waals surface area (Å²) in [5.74, 6) is -0.176. The molecule has 0 aliphatic heterocycles. The number of carbonyl (C=O) groups is 1. The molecule has 0 atom stereocenters. The number of nitrogens with zero attached hydrogens (tertiary/aromatic N) is 1. The number of ketones is 1. The first-order chi connectivity index (χ1) is 12.9. The summed E-state index contributed by atoms with van der Waals surface area (Å²) in [6.45, 7) is 4.66. The fourth-order valence-electron chi connectivity index (χ4n) is 2.76. The third-order valence-electron chi connectivity index (χ3n) is 4.24. The zero-order valence-corrected chi connectivity index (χ0v) is 15.7. The molecule has 0 unspecified atom stereocenters. The second-order valence-electron chi connectivity index (χ2n) is 6.88. The summed E-state index contributed by atoms with van der Waals surface area (Å²) in [6, 6.07) is 10.6. The van der Waals surface area contributed by atoms with Crippen LogP contribution in [-0.2, 0) is 0 Å². The van der Waals surface area contributed by atoms with Crippen molar-refractivity contribution in [1.82, 2.24) is 0 Å². The Labute approximate surface area is 158 Å². The fourth-order valence-corrected chi connectivity index (χ4v) is 2.76. The summed E-state index contributed by atoms with van der Waals surface area (Å²) < 4.78 is 5.51. The van der Waals surface area contributed by atoms with Gasteiger partial charge in [-0.2, -0.15) is 0 Å². The molecule has 0 aliphatic rings. The lowest BCUT2D eigenvalue weighted by Gasteiger charge is -2.10. The highest BCUT2D eigenvalue weighted by atomic mass is 16.6. The standard InChI is InChI=1S/C21H25NO5/c1-15(2)9-5-4-8-12-27-20-14-19(23)17(13-18(20)22(25)26)21(24)16-10-6-3-7-11-16/h3,6-7,10-11,13-15,23H,4-5,8-9,12H2,1-2H3. The van der Waals surface area contributed by atoms with E-state index in [2.05, 4.69) is 13.8 Å². The van der Waals surface area contributed by atoms with Gasteiger partial charge >= 0.3 is 5.69 Å². The average Bonchev–Trinajstić information content (AvgIpc) is 2.64. The van der Waals surface area contributed by atoms with Crippen molar-refractivity contribution in [2.75, 3.05) is 6.61 Å². The van der Waals surface area contributed by atoms with Gasteiger partial charge in [-0.3, -0.25) is 14.9 Å². The molecule has 0 saturated carbocycles. The minimum atomic E-state index is -0.602. The quantitative estimate of drug-likeness (QED) is 0.271. The van der Waals surface area contributed by atoms with Crippen LogP contribution in [0, 0.1) is 16.0 Å². The van der Waals surface area contributed by atoms with Gasteiger partial charge in [0.25, 0.3) is 0 Å². The Morgan fingerprint density at radius 2 is 1.85 bits per heavy atom. The molecule has 2 aromatic rings. The largest absolute Gasteiger partial charge is 0.507 e. The highest BCUT2D eigenvalue weighted by Gasteiger charge is 2.23. The lowest BCUT2D eigenvalue weighted by Crippen LogP contribution is -2.05. The summed E-state index contributed by atoms with van der Waals surface area (Å²) in [4.78, 5) is 23.3. The van der Waals surface area contributed by atoms with Crippen LogP contribution in [0.2, 0.25) is 0 Å². The van der Waals surface area contributed by atoms with Crippen molar-refractivity contribution >= 4 is 11.5 Å². The molecule has 0 aromatic heterocycles. The predicted molar refractivity (Wildman–Crippen MR) is 103 cm³/mol. The van der Waals surface area contributed by atoms with E-state index in [-0.39, 0.29) is 22.7 Å². The number of phenolic OH excluding ortho intramolecular Hbond substituents is 1. The van der Waals surface area contributed by atoms with Crippen molar-refractivity contribution in [3.8, 4) is 11.5 Å². The third kappa shape index (κ3) is 5.81. The smallest absolute Gasteiger partial charge is 0.311 e. The maximum atomic E-state index is 12.5. The molecule has 0 amide bonds. The van der Waals surface area contributed by atoms with Gasteiger partial charge in [0, 0.05) is 17.7 Å². The monoisotopic (exact) mass is 371 g/mol. The molecule has 1 N–H and O–H groups in total. The van der Waals surface area contributed by atoms with Gasteiger partial charge in [-0.1, -0.05) is 63.4 Å². The number of rotatable bonds is 10. The SMILES string of the molecule is CC(C)CCCCCOc1cc(O)c(C(=O)c2ccccc2)cc1[N+](=O)[O-]. The van der Waals surface area contributed by atoms with Crippen LogP contribution in [0.5, 0.6) is 11.5 Å². The molecule has 0 aliphatic carbocycles. The first kappa shape index (κ1) is 20.4. The molecule has 0 fully saturated rings. The molecular formula is C21H25NO5. The number of carbonyl (C=O) groups excluding carboxylic acids is 1. The zero-order valence-electron chi connectivity index (χ0n) is 15.7. The van der Waals surface area contributed by atoms with Gasteiger partial charge in [-0.05, 0) is 12.3 Å². The van der Waals surface area contributed by atoms with E-state index in [0.29, 0.717) is 18.1 Å². The maximum absolute atomic E-state index is 12.5. The van der Waals surface area contributed by atoms with Gasteiger partial charge in [-0.25, -0.2) is 0 Å². The van der Waals surface area contributed by atoms with Crippen LogP contribution >= 0.6 is 0 Å². The van der Waals surface area contributed by atoms with E-state index >= 15 is 0 Å². The van der Waals surface area contributed by atoms with Gasteiger partial charge in [0.1, 0.15) is 5.75 Å². The van der Waals surface area contributed by atoms with Gasteiger partial charge < -0.3 is 9.84 Å². The van der Waals surface area contributed by atoms with Gasteiger partial charge in [-0.15, -0.1) is 0 Å². The van der Waals surface area contributed by atoms with Gasteiger partial charge in [0.2, 0.25) is 5.75 Å². The Hall–Kier alpha value is -2.89. The molecule has 0 heterocycles. The van der Waals surface area contributed by atoms with Crippen molar-refractivity contribution < 1.29 is 19.6 Å². The molecule has 27 heavy (non-hydrogen) atoms. The van der Waals surface area contributed by atoms with Crippen LogP contribution < -0.4 is 4.74 Å². The zero-order chi connectivity index (χ0) is 19.8. The number of aromatic hydroxyl groups is 1. The Kier molecular flexibility index (Phi) is 7.34. The van der Waals surface area contributed by atoms with Crippen LogP contribution in [0.1, 0.15) is 55.5 Å². The Bertz CT molecular complexity index is 787. The number of benzene rings is 2. The van der Waals surface area contributed by atoms with Gasteiger partial charge in [0.15, 0.2) is 5.78 Å². The molecule has 6 heteroatoms. The van der Waals surface area contributed by atoms with E-state index in [1.807, 2.05) is 0 Å². The lowest BCUT2D eigenvalue weighted by atomic mass is 10.0. The van der Waals surface area contributed by atoms with E-state index in [1.165, 1.54) is 0 Å². The molecule has 0 spiro atoms. The highest BCUT2D eigenvalue weighted by Crippen LogP contribution is 2.35. The highest BCUT2D eigenvalue weighted by molar-refractivity contribution is 6.11. The van der Waals surface area contributed by atoms with E-state index in [4.69, 9.17) is 4.74 Å². The number of ether oxygens (including phenoxy) is 1. The molecule has 2 aromatic carbocycles. The van der Waals surface area contributed by atoms with E-state index in [9.17, 15) is 20.0 Å². The second kappa shape index (κ2) is 9.71. The molecule has 144 valence electrons. The van der Waals surface area contributed by atoms with Crippen molar-refractivity contribution in [3.05, 3.63) is 63.7 Å². The first-order valence-electron chi connectivity index (χ1n) is 9.14. The Balaban J connectivity index is 2.12. The molecule has 0 saturated heterocycles. The average molecular weight is 371 g/mol. The fraction of sp³-hybridized carbons (Fsp3) is 0.381. The topological polar surface area (TPSA) is 89.7 Å². The molecule has 0 bridgehead atoms. The Morgan fingerprint density at radius 3 is 2.48 bits per heavy atom. The summed E-state index contributed by atoms with van der Waals surface area (Å²) in [7, 11) is 0. The number of unbranched alkanes of at least 4 members (excludes halogenated alkanes) is 2. The lowest BCUT2D eigenvalue weighted by molar-refractivity contribution is -0.385. The number of nitro benzene ring substituents is 1. The van der Waals surface area contributed by atoms with Crippen molar-refractivity contribution in [2.24, 2.45) is 5.92 Å². The third-order valence-corrected chi connectivity index (χ3v) is 4.24. The van der Waals surface area contributed by atoms with Crippen LogP contribution in [0.4, 0.5) is 5.69 Å². The number of hydrogen-bond donors (Lipinski definition) is 1. The first-order valence-corrected chi connectivity index (χ1v) is 9.14. The molecule has 6 nitrogen and oxygen atoms in total. The normalized spacial score (nSPS) is 10.8. The molecule has 2 rings (SSSR count).